The van der Waals surface area contributed by atoms with Gasteiger partial charge in [-0.05, 0) is 42.9 Å². The predicted molar refractivity (Wildman–Crippen MR) is 146 cm³/mol. The van der Waals surface area contributed by atoms with Crippen molar-refractivity contribution in [1.82, 2.24) is 14.9 Å². The highest BCUT2D eigenvalue weighted by molar-refractivity contribution is 6.08. The number of amidine groups is 1. The molecule has 8 heteroatoms. The normalized spacial score (nSPS) is 12.3. The molecule has 0 aliphatic heterocycles. The number of amides is 1. The molecule has 0 fully saturated rings. The lowest BCUT2D eigenvalue weighted by molar-refractivity contribution is -0.108. The van der Waals surface area contributed by atoms with E-state index in [0.717, 1.165) is 47.2 Å². The van der Waals surface area contributed by atoms with Crippen LogP contribution in [0.15, 0.2) is 58.5 Å². The van der Waals surface area contributed by atoms with E-state index in [1.165, 1.54) is 7.11 Å². The van der Waals surface area contributed by atoms with E-state index < -0.39 is 6.10 Å². The van der Waals surface area contributed by atoms with Gasteiger partial charge in [0.25, 0.3) is 5.56 Å². The second-order valence-corrected chi connectivity index (χ2v) is 8.97. The second-order valence-electron chi connectivity index (χ2n) is 8.97. The Labute approximate surface area is 218 Å². The molecule has 2 N–H and O–H groups in total. The number of carbonyl (C=O) groups excluding carboxylic acids is 1. The highest BCUT2D eigenvalue weighted by Gasteiger charge is 2.17. The molecule has 8 nitrogen and oxygen atoms in total. The summed E-state index contributed by atoms with van der Waals surface area (Å²) in [5.74, 6) is 0.954. The van der Waals surface area contributed by atoms with Crippen molar-refractivity contribution in [1.29, 1.82) is 0 Å². The van der Waals surface area contributed by atoms with Gasteiger partial charge in [0.1, 0.15) is 12.9 Å². The summed E-state index contributed by atoms with van der Waals surface area (Å²) in [5, 5.41) is 16.7. The first-order valence-corrected chi connectivity index (χ1v) is 12.7. The van der Waals surface area contributed by atoms with E-state index in [9.17, 15) is 14.7 Å². The van der Waals surface area contributed by atoms with E-state index in [1.807, 2.05) is 62.4 Å². The number of benzene rings is 2. The molecule has 1 heterocycles. The van der Waals surface area contributed by atoms with Crippen molar-refractivity contribution < 1.29 is 14.7 Å². The Balaban J connectivity index is 1.98. The van der Waals surface area contributed by atoms with E-state index in [4.69, 9.17) is 9.82 Å². The Bertz CT molecular complexity index is 1280. The molecule has 0 saturated carbocycles. The van der Waals surface area contributed by atoms with Gasteiger partial charge in [-0.3, -0.25) is 14.2 Å². The minimum absolute atomic E-state index is 0.0825. The fourth-order valence-corrected chi connectivity index (χ4v) is 4.29. The van der Waals surface area contributed by atoms with Gasteiger partial charge < -0.3 is 15.3 Å². The number of hydrogen-bond donors (Lipinski definition) is 2. The molecule has 0 aliphatic rings. The van der Waals surface area contributed by atoms with Crippen LogP contribution in [0.2, 0.25) is 0 Å². The summed E-state index contributed by atoms with van der Waals surface area (Å²) < 4.78 is 1.60. The van der Waals surface area contributed by atoms with Crippen LogP contribution in [-0.2, 0) is 29.0 Å². The quantitative estimate of drug-likeness (QED) is 0.168. The summed E-state index contributed by atoms with van der Waals surface area (Å²) >= 11 is 0. The van der Waals surface area contributed by atoms with Crippen LogP contribution in [0.5, 0.6) is 0 Å². The Kier molecular flexibility index (Phi) is 10.1. The van der Waals surface area contributed by atoms with Gasteiger partial charge in [-0.1, -0.05) is 74.0 Å². The van der Waals surface area contributed by atoms with Crippen LogP contribution in [0, 0.1) is 6.92 Å². The molecule has 1 amide bonds. The van der Waals surface area contributed by atoms with Gasteiger partial charge in [0.2, 0.25) is 6.41 Å². The minimum Gasteiger partial charge on any atom is -0.397 e. The largest absolute Gasteiger partial charge is 0.397 e. The molecule has 0 radical (unpaired) electrons. The summed E-state index contributed by atoms with van der Waals surface area (Å²) in [6.07, 6.45) is 3.72. The molecular formula is C29H36N4O4. The summed E-state index contributed by atoms with van der Waals surface area (Å²) in [7, 11) is 1.43. The summed E-state index contributed by atoms with van der Waals surface area (Å²) in [5.41, 5.74) is 4.97. The minimum atomic E-state index is -0.591. The molecule has 0 saturated heterocycles. The number of hydrogen-bond acceptors (Lipinski definition) is 6. The number of carbonyl (C=O) groups is 1. The molecule has 0 bridgehead atoms. The molecule has 3 rings (SSSR count). The van der Waals surface area contributed by atoms with Crippen LogP contribution in [0.3, 0.4) is 0 Å². The lowest BCUT2D eigenvalue weighted by atomic mass is 9.96. The summed E-state index contributed by atoms with van der Waals surface area (Å²) in [6, 6.07) is 15.6. The van der Waals surface area contributed by atoms with Gasteiger partial charge in [0, 0.05) is 17.5 Å². The molecular weight excluding hydrogens is 468 g/mol. The fraction of sp³-hybridized carbons (Fsp3) is 0.379. The molecule has 1 atom stereocenters. The third-order valence-electron chi connectivity index (χ3n) is 6.38. The number of unbranched alkanes of at least 4 members (excludes halogenated alkanes) is 1. The van der Waals surface area contributed by atoms with Crippen LogP contribution in [0.25, 0.3) is 11.1 Å². The second kappa shape index (κ2) is 13.5. The average molecular weight is 505 g/mol. The van der Waals surface area contributed by atoms with Crippen LogP contribution in [-0.4, -0.2) is 40.1 Å². The van der Waals surface area contributed by atoms with E-state index in [2.05, 4.69) is 17.4 Å². The van der Waals surface area contributed by atoms with Crippen molar-refractivity contribution in [3.63, 3.8) is 0 Å². The number of oxime groups is 1. The molecule has 1 unspecified atom stereocenters. The molecule has 196 valence electrons. The fourth-order valence-electron chi connectivity index (χ4n) is 4.29. The van der Waals surface area contributed by atoms with Crippen molar-refractivity contribution in [2.75, 3.05) is 7.11 Å². The number of nitrogens with one attached hydrogen (secondary N) is 1. The maximum Gasteiger partial charge on any atom is 0.257 e. The van der Waals surface area contributed by atoms with E-state index in [1.54, 1.807) is 4.57 Å². The number of aliphatic hydroxyl groups is 1. The number of nitrogens with zero attached hydrogens (tertiary/aromatic N) is 3. The van der Waals surface area contributed by atoms with E-state index >= 15 is 0 Å². The van der Waals surface area contributed by atoms with Crippen molar-refractivity contribution >= 4 is 12.2 Å². The molecule has 37 heavy (non-hydrogen) atoms. The Morgan fingerprint density at radius 3 is 2.57 bits per heavy atom. The maximum atomic E-state index is 13.5. The van der Waals surface area contributed by atoms with Gasteiger partial charge in [-0.2, -0.15) is 0 Å². The molecule has 0 spiro atoms. The Hall–Kier alpha value is -3.78. The standard InChI is InChI=1S/C29H36N4O4/c1-5-7-12-27-26(29(36)33(20(3)31-27)18-23(35)6-2)17-21-13-15-22(16-14-21)24-10-8-9-11-25(24)28(30-19-34)32-37-4/h8-11,13-16,19,23,35H,5-7,12,17-18H2,1-4H3,(H,30,32,34). The maximum absolute atomic E-state index is 13.5. The monoisotopic (exact) mass is 504 g/mol. The first-order chi connectivity index (χ1) is 17.9. The lowest BCUT2D eigenvalue weighted by Gasteiger charge is -2.17. The number of rotatable bonds is 12. The number of aromatic nitrogens is 2. The van der Waals surface area contributed by atoms with Gasteiger partial charge in [-0.25, -0.2) is 4.98 Å². The summed E-state index contributed by atoms with van der Waals surface area (Å²) in [6.45, 7) is 6.09. The summed E-state index contributed by atoms with van der Waals surface area (Å²) in [4.78, 5) is 34.3. The van der Waals surface area contributed by atoms with Crippen LogP contribution in [0.4, 0.5) is 0 Å². The highest BCUT2D eigenvalue weighted by atomic mass is 16.6. The Morgan fingerprint density at radius 2 is 1.92 bits per heavy atom. The Morgan fingerprint density at radius 1 is 1.19 bits per heavy atom. The molecule has 0 aliphatic carbocycles. The van der Waals surface area contributed by atoms with Crippen LogP contribution >= 0.6 is 0 Å². The van der Waals surface area contributed by atoms with Crippen molar-refractivity contribution in [2.24, 2.45) is 5.16 Å². The highest BCUT2D eigenvalue weighted by Crippen LogP contribution is 2.25. The lowest BCUT2D eigenvalue weighted by Crippen LogP contribution is -2.33. The predicted octanol–water partition coefficient (Wildman–Crippen LogP) is 3.98. The van der Waals surface area contributed by atoms with Crippen molar-refractivity contribution in [3.05, 3.63) is 87.1 Å². The van der Waals surface area contributed by atoms with Gasteiger partial charge in [-0.15, -0.1) is 0 Å². The van der Waals surface area contributed by atoms with Gasteiger partial charge >= 0.3 is 0 Å². The van der Waals surface area contributed by atoms with Crippen molar-refractivity contribution in [3.8, 4) is 11.1 Å². The van der Waals surface area contributed by atoms with E-state index in [-0.39, 0.29) is 12.1 Å². The van der Waals surface area contributed by atoms with Crippen molar-refractivity contribution in [2.45, 2.75) is 65.5 Å². The third-order valence-corrected chi connectivity index (χ3v) is 6.38. The topological polar surface area (TPSA) is 106 Å². The first kappa shape index (κ1) is 27.8. The zero-order valence-electron chi connectivity index (χ0n) is 22.0. The smallest absolute Gasteiger partial charge is 0.257 e. The average Bonchev–Trinajstić information content (AvgIpc) is 2.91. The first-order valence-electron chi connectivity index (χ1n) is 12.7. The van der Waals surface area contributed by atoms with Gasteiger partial charge in [0.15, 0.2) is 5.84 Å². The third kappa shape index (κ3) is 6.92. The van der Waals surface area contributed by atoms with Crippen LogP contribution in [0.1, 0.15) is 61.3 Å². The van der Waals surface area contributed by atoms with Gasteiger partial charge in [0.05, 0.1) is 18.3 Å². The zero-order valence-corrected chi connectivity index (χ0v) is 22.0. The zero-order chi connectivity index (χ0) is 26.8. The molecule has 1 aromatic heterocycles. The number of aliphatic hydroxyl groups excluding tert-OH is 1. The SMILES string of the molecule is CCCCc1nc(C)n(CC(O)CC)c(=O)c1Cc1ccc(-c2ccccc2/C(=N/OC)NC=O)cc1. The van der Waals surface area contributed by atoms with Crippen LogP contribution < -0.4 is 10.9 Å². The van der Waals surface area contributed by atoms with E-state index in [0.29, 0.717) is 36.5 Å². The molecule has 3 aromatic rings. The number of aryl methyl sites for hydroxylation is 2. The molecule has 2 aromatic carbocycles.